The van der Waals surface area contributed by atoms with Gasteiger partial charge in [-0.25, -0.2) is 0 Å². The van der Waals surface area contributed by atoms with E-state index in [4.69, 9.17) is 4.74 Å². The molecule has 1 aromatic rings. The van der Waals surface area contributed by atoms with Crippen LogP contribution in [0.25, 0.3) is 0 Å². The van der Waals surface area contributed by atoms with E-state index in [1.165, 1.54) is 0 Å². The molecule has 2 nitrogen and oxygen atoms in total. The van der Waals surface area contributed by atoms with Crippen LogP contribution in [0, 0.1) is 19.8 Å². The summed E-state index contributed by atoms with van der Waals surface area (Å²) in [5.74, 6) is 1.12. The summed E-state index contributed by atoms with van der Waals surface area (Å²) in [6, 6.07) is 5.88. The van der Waals surface area contributed by atoms with Crippen LogP contribution >= 0.6 is 0 Å². The van der Waals surface area contributed by atoms with Crippen molar-refractivity contribution < 1.29 is 9.53 Å². The van der Waals surface area contributed by atoms with E-state index in [0.717, 1.165) is 23.3 Å². The molecule has 0 aliphatic heterocycles. The monoisotopic (exact) mass is 220 g/mol. The van der Waals surface area contributed by atoms with Gasteiger partial charge in [0.25, 0.3) is 0 Å². The standard InChI is InChI=1S/C14H20O2/c1-10(2)8-9-13(15)16-14-11(3)6-5-7-12(14)4/h5-7,10H,8-9H2,1-4H3. The van der Waals surface area contributed by atoms with Gasteiger partial charge in [-0.3, -0.25) is 4.79 Å². The number of benzene rings is 1. The molecule has 16 heavy (non-hydrogen) atoms. The van der Waals surface area contributed by atoms with Crippen LogP contribution in [0.5, 0.6) is 5.75 Å². The molecule has 88 valence electrons. The van der Waals surface area contributed by atoms with Gasteiger partial charge in [0.05, 0.1) is 0 Å². The van der Waals surface area contributed by atoms with E-state index in [1.54, 1.807) is 0 Å². The maximum Gasteiger partial charge on any atom is 0.311 e. The van der Waals surface area contributed by atoms with E-state index in [1.807, 2.05) is 32.0 Å². The maximum absolute atomic E-state index is 11.6. The minimum Gasteiger partial charge on any atom is -0.426 e. The van der Waals surface area contributed by atoms with Crippen LogP contribution in [-0.4, -0.2) is 5.97 Å². The molecular formula is C14H20O2. The summed E-state index contributed by atoms with van der Waals surface area (Å²) in [4.78, 5) is 11.6. The van der Waals surface area contributed by atoms with Gasteiger partial charge in [-0.15, -0.1) is 0 Å². The lowest BCUT2D eigenvalue weighted by molar-refractivity contribution is -0.134. The molecule has 0 saturated heterocycles. The zero-order chi connectivity index (χ0) is 12.1. The summed E-state index contributed by atoms with van der Waals surface area (Å²) in [5, 5.41) is 0. The highest BCUT2D eigenvalue weighted by Crippen LogP contribution is 2.23. The van der Waals surface area contributed by atoms with Gasteiger partial charge >= 0.3 is 5.97 Å². The average molecular weight is 220 g/mol. The molecule has 2 heteroatoms. The molecule has 0 atom stereocenters. The zero-order valence-corrected chi connectivity index (χ0v) is 10.5. The average Bonchev–Trinajstić information content (AvgIpc) is 2.21. The summed E-state index contributed by atoms with van der Waals surface area (Å²) in [6.45, 7) is 8.12. The molecular weight excluding hydrogens is 200 g/mol. The molecule has 1 rings (SSSR count). The molecule has 0 aliphatic carbocycles. The molecule has 0 spiro atoms. The fourth-order valence-electron chi connectivity index (χ4n) is 1.53. The number of carbonyl (C=O) groups is 1. The Labute approximate surface area is 97.6 Å². The van der Waals surface area contributed by atoms with Crippen molar-refractivity contribution >= 4 is 5.97 Å². The van der Waals surface area contributed by atoms with Crippen molar-refractivity contribution in [1.29, 1.82) is 0 Å². The van der Waals surface area contributed by atoms with Crippen LogP contribution < -0.4 is 4.74 Å². The van der Waals surface area contributed by atoms with Gasteiger partial charge in [0.1, 0.15) is 5.75 Å². The van der Waals surface area contributed by atoms with Crippen LogP contribution in [0.4, 0.5) is 0 Å². The van der Waals surface area contributed by atoms with E-state index in [-0.39, 0.29) is 5.97 Å². The lowest BCUT2D eigenvalue weighted by Gasteiger charge is -2.10. The third kappa shape index (κ3) is 3.69. The number of hydrogen-bond acceptors (Lipinski definition) is 2. The molecule has 0 fully saturated rings. The van der Waals surface area contributed by atoms with E-state index in [0.29, 0.717) is 12.3 Å². The topological polar surface area (TPSA) is 26.3 Å². The SMILES string of the molecule is Cc1cccc(C)c1OC(=O)CCC(C)C. The molecule has 0 unspecified atom stereocenters. The first-order valence-electron chi connectivity index (χ1n) is 5.77. The van der Waals surface area contributed by atoms with Crippen LogP contribution in [0.2, 0.25) is 0 Å². The highest BCUT2D eigenvalue weighted by atomic mass is 16.5. The molecule has 0 saturated carbocycles. The Hall–Kier alpha value is -1.31. The first-order valence-corrected chi connectivity index (χ1v) is 5.77. The highest BCUT2D eigenvalue weighted by Gasteiger charge is 2.10. The van der Waals surface area contributed by atoms with Gasteiger partial charge in [-0.1, -0.05) is 32.0 Å². The van der Waals surface area contributed by atoms with Gasteiger partial charge < -0.3 is 4.74 Å². The Kier molecular flexibility index (Phi) is 4.53. The summed E-state index contributed by atoms with van der Waals surface area (Å²) in [5.41, 5.74) is 2.02. The Morgan fingerprint density at radius 2 is 1.81 bits per heavy atom. The van der Waals surface area contributed by atoms with Gasteiger partial charge in [-0.05, 0) is 37.3 Å². The number of hydrogen-bond donors (Lipinski definition) is 0. The van der Waals surface area contributed by atoms with Crippen molar-refractivity contribution in [3.8, 4) is 5.75 Å². The number of para-hydroxylation sites is 1. The van der Waals surface area contributed by atoms with Gasteiger partial charge in [0.15, 0.2) is 0 Å². The summed E-state index contributed by atoms with van der Waals surface area (Å²) in [7, 11) is 0. The number of ether oxygens (including phenoxy) is 1. The van der Waals surface area contributed by atoms with Crippen LogP contribution in [-0.2, 0) is 4.79 Å². The molecule has 0 N–H and O–H groups in total. The van der Waals surface area contributed by atoms with Gasteiger partial charge in [0.2, 0.25) is 0 Å². The molecule has 0 amide bonds. The highest BCUT2D eigenvalue weighted by molar-refractivity contribution is 5.73. The second-order valence-corrected chi connectivity index (χ2v) is 4.63. The second-order valence-electron chi connectivity index (χ2n) is 4.63. The molecule has 0 bridgehead atoms. The zero-order valence-electron chi connectivity index (χ0n) is 10.5. The van der Waals surface area contributed by atoms with E-state index >= 15 is 0 Å². The maximum atomic E-state index is 11.6. The fourth-order valence-corrected chi connectivity index (χ4v) is 1.53. The lowest BCUT2D eigenvalue weighted by Crippen LogP contribution is -2.10. The van der Waals surface area contributed by atoms with Gasteiger partial charge in [0, 0.05) is 6.42 Å². The van der Waals surface area contributed by atoms with E-state index in [9.17, 15) is 4.79 Å². The third-order valence-electron chi connectivity index (χ3n) is 2.55. The Morgan fingerprint density at radius 1 is 1.25 bits per heavy atom. The van der Waals surface area contributed by atoms with Crippen molar-refractivity contribution in [2.24, 2.45) is 5.92 Å². The molecule has 1 aromatic carbocycles. The number of carbonyl (C=O) groups excluding carboxylic acids is 1. The fraction of sp³-hybridized carbons (Fsp3) is 0.500. The van der Waals surface area contributed by atoms with Crippen molar-refractivity contribution in [2.75, 3.05) is 0 Å². The molecule has 0 aliphatic rings. The normalized spacial score (nSPS) is 10.6. The van der Waals surface area contributed by atoms with Gasteiger partial charge in [-0.2, -0.15) is 0 Å². The van der Waals surface area contributed by atoms with Crippen molar-refractivity contribution in [1.82, 2.24) is 0 Å². The van der Waals surface area contributed by atoms with Crippen molar-refractivity contribution in [3.05, 3.63) is 29.3 Å². The number of rotatable bonds is 4. The first kappa shape index (κ1) is 12.8. The Balaban J connectivity index is 2.63. The van der Waals surface area contributed by atoms with Crippen LogP contribution in [0.15, 0.2) is 18.2 Å². The summed E-state index contributed by atoms with van der Waals surface area (Å²) >= 11 is 0. The number of aryl methyl sites for hydroxylation is 2. The van der Waals surface area contributed by atoms with E-state index in [2.05, 4.69) is 13.8 Å². The van der Waals surface area contributed by atoms with Crippen molar-refractivity contribution in [2.45, 2.75) is 40.5 Å². The quantitative estimate of drug-likeness (QED) is 0.572. The smallest absolute Gasteiger partial charge is 0.311 e. The largest absolute Gasteiger partial charge is 0.426 e. The molecule has 0 aromatic heterocycles. The summed E-state index contributed by atoms with van der Waals surface area (Å²) < 4.78 is 5.39. The molecule has 0 heterocycles. The Bertz CT molecular complexity index is 347. The third-order valence-corrected chi connectivity index (χ3v) is 2.55. The van der Waals surface area contributed by atoms with Crippen LogP contribution in [0.1, 0.15) is 37.8 Å². The minimum atomic E-state index is -0.133. The predicted octanol–water partition coefficient (Wildman–Crippen LogP) is 3.65. The Morgan fingerprint density at radius 3 is 2.31 bits per heavy atom. The second kappa shape index (κ2) is 5.69. The first-order chi connectivity index (χ1) is 7.50. The van der Waals surface area contributed by atoms with E-state index < -0.39 is 0 Å². The lowest BCUT2D eigenvalue weighted by atomic mass is 10.1. The molecule has 0 radical (unpaired) electrons. The van der Waals surface area contributed by atoms with Crippen LogP contribution in [0.3, 0.4) is 0 Å². The number of esters is 1. The summed E-state index contributed by atoms with van der Waals surface area (Å²) in [6.07, 6.45) is 1.37. The van der Waals surface area contributed by atoms with Crippen molar-refractivity contribution in [3.63, 3.8) is 0 Å². The predicted molar refractivity (Wildman–Crippen MR) is 65.6 cm³/mol. The minimum absolute atomic E-state index is 0.133.